The molecular weight excluding hydrogens is 401 g/mol. The van der Waals surface area contributed by atoms with Gasteiger partial charge < -0.3 is 29.7 Å². The van der Waals surface area contributed by atoms with Crippen LogP contribution in [0, 0.1) is 0 Å². The summed E-state index contributed by atoms with van der Waals surface area (Å²) >= 11 is 0. The number of rotatable bonds is 10. The lowest BCUT2D eigenvalue weighted by Gasteiger charge is -2.24. The summed E-state index contributed by atoms with van der Waals surface area (Å²) in [7, 11) is -1.07. The average molecular weight is 429 g/mol. The monoisotopic (exact) mass is 429 g/mol. The molecule has 0 saturated carbocycles. The van der Waals surface area contributed by atoms with Crippen molar-refractivity contribution < 1.29 is 32.7 Å². The molecule has 0 radical (unpaired) electrons. The molecule has 0 saturated heterocycles. The minimum Gasteiger partial charge on any atom is -0.445 e. The van der Waals surface area contributed by atoms with Crippen molar-refractivity contribution in [1.82, 2.24) is 16.0 Å². The summed E-state index contributed by atoms with van der Waals surface area (Å²) < 4.78 is 26.9. The van der Waals surface area contributed by atoms with Crippen molar-refractivity contribution in [3.63, 3.8) is 0 Å². The lowest BCUT2D eigenvalue weighted by molar-refractivity contribution is -0.129. The Hall–Kier alpha value is -2.42. The lowest BCUT2D eigenvalue weighted by Crippen LogP contribution is -2.52. The zero-order valence-electron chi connectivity index (χ0n) is 17.1. The van der Waals surface area contributed by atoms with Crippen LogP contribution in [0.1, 0.15) is 26.3 Å². The summed E-state index contributed by atoms with van der Waals surface area (Å²) in [5, 5.41) is 7.31. The molecule has 3 amide bonds. The predicted molar refractivity (Wildman–Crippen MR) is 106 cm³/mol. The standard InChI is InChI=1S/C18H28N3O7P/c1-12(17(23)21-14(3)29(25,26-4)27-5)19-16(22)13(2)20-18(24)28-11-15-9-7-6-8-10-15/h6-10,12-14H,11H2,1-5H3,(H,19,22)(H,20,24)(H,21,23)/t12-,13-,14+/m0/s1. The number of carbonyl (C=O) groups is 3. The molecule has 29 heavy (non-hydrogen) atoms. The van der Waals surface area contributed by atoms with E-state index >= 15 is 0 Å². The number of alkyl carbamates (subject to hydrolysis) is 1. The lowest BCUT2D eigenvalue weighted by atomic mass is 10.2. The van der Waals surface area contributed by atoms with Crippen LogP contribution in [-0.2, 0) is 34.5 Å². The summed E-state index contributed by atoms with van der Waals surface area (Å²) in [5.74, 6) is -2.08. The van der Waals surface area contributed by atoms with E-state index in [1.165, 1.54) is 35.0 Å². The first-order valence-electron chi connectivity index (χ1n) is 8.92. The molecular formula is C18H28N3O7P. The van der Waals surface area contributed by atoms with E-state index in [9.17, 15) is 18.9 Å². The largest absolute Gasteiger partial charge is 0.445 e. The zero-order valence-corrected chi connectivity index (χ0v) is 18.0. The van der Waals surface area contributed by atoms with Gasteiger partial charge in [0.25, 0.3) is 0 Å². The normalized spacial score (nSPS) is 14.2. The number of amides is 3. The topological polar surface area (TPSA) is 132 Å². The van der Waals surface area contributed by atoms with Gasteiger partial charge in [-0.2, -0.15) is 0 Å². The molecule has 0 spiro atoms. The quantitative estimate of drug-likeness (QED) is 0.483. The molecule has 0 bridgehead atoms. The summed E-state index contributed by atoms with van der Waals surface area (Å²) in [6.07, 6.45) is -0.761. The molecule has 1 aromatic rings. The number of benzene rings is 1. The fourth-order valence-corrected chi connectivity index (χ4v) is 3.28. The Bertz CT molecular complexity index is 736. The maximum Gasteiger partial charge on any atom is 0.408 e. The van der Waals surface area contributed by atoms with Crippen molar-refractivity contribution in [2.45, 2.75) is 45.2 Å². The summed E-state index contributed by atoms with van der Waals surface area (Å²) in [4.78, 5) is 36.2. The van der Waals surface area contributed by atoms with Crippen LogP contribution < -0.4 is 16.0 Å². The Morgan fingerprint density at radius 3 is 1.97 bits per heavy atom. The van der Waals surface area contributed by atoms with Crippen LogP contribution in [0.2, 0.25) is 0 Å². The molecule has 0 aliphatic carbocycles. The Kier molecular flexibility index (Phi) is 9.80. The van der Waals surface area contributed by atoms with E-state index < -0.39 is 43.4 Å². The van der Waals surface area contributed by atoms with E-state index in [0.717, 1.165) is 5.56 Å². The highest BCUT2D eigenvalue weighted by Crippen LogP contribution is 2.50. The summed E-state index contributed by atoms with van der Waals surface area (Å²) in [6, 6.07) is 7.20. The molecule has 11 heteroatoms. The van der Waals surface area contributed by atoms with Gasteiger partial charge in [-0.05, 0) is 26.3 Å². The highest BCUT2D eigenvalue weighted by Gasteiger charge is 2.32. The smallest absolute Gasteiger partial charge is 0.408 e. The van der Waals surface area contributed by atoms with Crippen LogP contribution in [-0.4, -0.2) is 50.0 Å². The fraction of sp³-hybridized carbons (Fsp3) is 0.500. The first-order valence-corrected chi connectivity index (χ1v) is 10.5. The molecule has 0 unspecified atom stereocenters. The second-order valence-electron chi connectivity index (χ2n) is 6.25. The molecule has 0 aromatic heterocycles. The first kappa shape index (κ1) is 24.6. The zero-order chi connectivity index (χ0) is 22.0. The predicted octanol–water partition coefficient (Wildman–Crippen LogP) is 1.75. The van der Waals surface area contributed by atoms with Crippen molar-refractivity contribution in [2.24, 2.45) is 0 Å². The number of ether oxygens (including phenoxy) is 1. The van der Waals surface area contributed by atoms with Crippen LogP contribution in [0.4, 0.5) is 4.79 Å². The van der Waals surface area contributed by atoms with Gasteiger partial charge in [-0.15, -0.1) is 0 Å². The Morgan fingerprint density at radius 2 is 1.41 bits per heavy atom. The van der Waals surface area contributed by atoms with E-state index in [1.54, 1.807) is 12.1 Å². The van der Waals surface area contributed by atoms with Gasteiger partial charge in [-0.25, -0.2) is 4.79 Å². The minimum absolute atomic E-state index is 0.0662. The van der Waals surface area contributed by atoms with Gasteiger partial charge in [0.1, 0.15) is 24.5 Å². The van der Waals surface area contributed by atoms with E-state index in [-0.39, 0.29) is 6.61 Å². The molecule has 0 heterocycles. The van der Waals surface area contributed by atoms with Crippen LogP contribution in [0.5, 0.6) is 0 Å². The van der Waals surface area contributed by atoms with Gasteiger partial charge in [-0.1, -0.05) is 30.3 Å². The van der Waals surface area contributed by atoms with E-state index in [4.69, 9.17) is 13.8 Å². The summed E-state index contributed by atoms with van der Waals surface area (Å²) in [5.41, 5.74) is 0.809. The highest BCUT2D eigenvalue weighted by molar-refractivity contribution is 7.54. The molecule has 3 N–H and O–H groups in total. The number of nitrogens with one attached hydrogen (secondary N) is 3. The van der Waals surface area contributed by atoms with Crippen molar-refractivity contribution in [3.05, 3.63) is 35.9 Å². The Labute approximate surface area is 170 Å². The van der Waals surface area contributed by atoms with Gasteiger partial charge >= 0.3 is 13.7 Å². The Balaban J connectivity index is 2.47. The van der Waals surface area contributed by atoms with Gasteiger partial charge in [0.2, 0.25) is 11.8 Å². The molecule has 0 aliphatic heterocycles. The molecule has 1 aromatic carbocycles. The van der Waals surface area contributed by atoms with Crippen LogP contribution in [0.15, 0.2) is 30.3 Å². The fourth-order valence-electron chi connectivity index (χ4n) is 2.21. The average Bonchev–Trinajstić information content (AvgIpc) is 2.71. The highest BCUT2D eigenvalue weighted by atomic mass is 31.2. The second kappa shape index (κ2) is 11.5. The maximum absolute atomic E-state index is 12.2. The van der Waals surface area contributed by atoms with Crippen LogP contribution in [0.3, 0.4) is 0 Å². The van der Waals surface area contributed by atoms with Gasteiger partial charge in [0.15, 0.2) is 0 Å². The van der Waals surface area contributed by atoms with Crippen molar-refractivity contribution in [3.8, 4) is 0 Å². The van der Waals surface area contributed by atoms with Gasteiger partial charge in [0.05, 0.1) is 0 Å². The summed E-state index contributed by atoms with van der Waals surface area (Å²) in [6.45, 7) is 4.44. The van der Waals surface area contributed by atoms with Crippen molar-refractivity contribution in [1.29, 1.82) is 0 Å². The number of hydrogen-bond donors (Lipinski definition) is 3. The van der Waals surface area contributed by atoms with Crippen LogP contribution in [0.25, 0.3) is 0 Å². The number of hydrogen-bond acceptors (Lipinski definition) is 7. The number of carbonyl (C=O) groups excluding carboxylic acids is 3. The molecule has 162 valence electrons. The molecule has 3 atom stereocenters. The molecule has 0 aliphatic rings. The van der Waals surface area contributed by atoms with E-state index in [0.29, 0.717) is 0 Å². The Morgan fingerprint density at radius 1 is 0.897 bits per heavy atom. The first-order chi connectivity index (χ1) is 13.6. The van der Waals surface area contributed by atoms with Crippen molar-refractivity contribution in [2.75, 3.05) is 14.2 Å². The minimum atomic E-state index is -3.49. The van der Waals surface area contributed by atoms with E-state index in [1.807, 2.05) is 18.2 Å². The second-order valence-corrected chi connectivity index (χ2v) is 8.83. The van der Waals surface area contributed by atoms with E-state index in [2.05, 4.69) is 16.0 Å². The van der Waals surface area contributed by atoms with Gasteiger partial charge in [0, 0.05) is 14.2 Å². The van der Waals surface area contributed by atoms with Crippen molar-refractivity contribution >= 4 is 25.5 Å². The third kappa shape index (κ3) is 7.84. The van der Waals surface area contributed by atoms with Gasteiger partial charge in [-0.3, -0.25) is 14.2 Å². The maximum atomic E-state index is 12.2. The molecule has 0 fully saturated rings. The molecule has 10 nitrogen and oxygen atoms in total. The third-order valence-electron chi connectivity index (χ3n) is 4.03. The third-order valence-corrected chi connectivity index (χ3v) is 6.12. The molecule has 1 rings (SSSR count). The van der Waals surface area contributed by atoms with Crippen LogP contribution >= 0.6 is 7.60 Å². The SMILES string of the molecule is COP(=O)(OC)[C@H](C)NC(=O)[C@H](C)NC(=O)[C@H](C)NC(=O)OCc1ccccc1.